The highest BCUT2D eigenvalue weighted by molar-refractivity contribution is 5.73. The van der Waals surface area contributed by atoms with Gasteiger partial charge in [0.1, 0.15) is 0 Å². The molecule has 1 aromatic rings. The zero-order valence-corrected chi connectivity index (χ0v) is 10.7. The van der Waals surface area contributed by atoms with E-state index in [1.165, 1.54) is 12.7 Å². The number of esters is 1. The van der Waals surface area contributed by atoms with Gasteiger partial charge < -0.3 is 4.74 Å². The van der Waals surface area contributed by atoms with Crippen molar-refractivity contribution >= 4 is 5.97 Å². The van der Waals surface area contributed by atoms with Crippen LogP contribution in [0.2, 0.25) is 0 Å². The van der Waals surface area contributed by atoms with Crippen molar-refractivity contribution in [3.05, 3.63) is 35.9 Å². The van der Waals surface area contributed by atoms with Crippen LogP contribution in [0.15, 0.2) is 30.3 Å². The maximum Gasteiger partial charge on any atom is 0.310 e. The summed E-state index contributed by atoms with van der Waals surface area (Å²) in [5, 5.41) is 0. The molecule has 0 N–H and O–H groups in total. The van der Waals surface area contributed by atoms with Gasteiger partial charge in [0.25, 0.3) is 0 Å². The number of carbonyl (C=O) groups is 1. The van der Waals surface area contributed by atoms with E-state index < -0.39 is 0 Å². The van der Waals surface area contributed by atoms with Crippen molar-refractivity contribution in [2.45, 2.75) is 25.4 Å². The summed E-state index contributed by atoms with van der Waals surface area (Å²) in [5.41, 5.74) is 1.33. The lowest BCUT2D eigenvalue weighted by atomic mass is 9.98. The minimum Gasteiger partial charge on any atom is -0.469 e. The van der Waals surface area contributed by atoms with E-state index in [-0.39, 0.29) is 11.9 Å². The van der Waals surface area contributed by atoms with Gasteiger partial charge in [-0.3, -0.25) is 9.69 Å². The van der Waals surface area contributed by atoms with Crippen LogP contribution in [0.25, 0.3) is 0 Å². The van der Waals surface area contributed by atoms with Crippen LogP contribution in [0.4, 0.5) is 0 Å². The third-order valence-corrected chi connectivity index (χ3v) is 4.32. The minimum atomic E-state index is -0.0275. The Balaban J connectivity index is 1.70. The first-order valence-corrected chi connectivity index (χ1v) is 6.63. The Bertz CT molecular complexity index is 431. The van der Waals surface area contributed by atoms with Crippen molar-refractivity contribution in [2.75, 3.05) is 13.7 Å². The normalized spacial score (nSPS) is 30.6. The van der Waals surface area contributed by atoms with Gasteiger partial charge in [-0.2, -0.15) is 0 Å². The van der Waals surface area contributed by atoms with Crippen LogP contribution in [0, 0.1) is 11.8 Å². The van der Waals surface area contributed by atoms with Gasteiger partial charge in [0.15, 0.2) is 0 Å². The zero-order valence-electron chi connectivity index (χ0n) is 10.7. The molecule has 0 spiro atoms. The molecule has 3 nitrogen and oxygen atoms in total. The molecule has 2 fully saturated rings. The highest BCUT2D eigenvalue weighted by Crippen LogP contribution is 2.42. The fourth-order valence-corrected chi connectivity index (χ4v) is 3.54. The Morgan fingerprint density at radius 2 is 2.11 bits per heavy atom. The Hall–Kier alpha value is -1.35. The number of nitrogens with zero attached hydrogens (tertiary/aromatic N) is 1. The molecule has 0 amide bonds. The van der Waals surface area contributed by atoms with Crippen LogP contribution >= 0.6 is 0 Å². The van der Waals surface area contributed by atoms with Crippen molar-refractivity contribution in [2.24, 2.45) is 11.8 Å². The fourth-order valence-electron chi connectivity index (χ4n) is 3.54. The monoisotopic (exact) mass is 245 g/mol. The second-order valence-corrected chi connectivity index (χ2v) is 5.45. The number of hydrogen-bond acceptors (Lipinski definition) is 3. The SMILES string of the molecule is COC(=O)[C@H]1C[C@H]2C[C@@H]1N(Cc1ccccc1)C2. The number of methoxy groups -OCH3 is 1. The second-order valence-electron chi connectivity index (χ2n) is 5.45. The molecule has 1 aromatic carbocycles. The highest BCUT2D eigenvalue weighted by atomic mass is 16.5. The number of hydrogen-bond donors (Lipinski definition) is 0. The quantitative estimate of drug-likeness (QED) is 0.763. The van der Waals surface area contributed by atoms with Crippen LogP contribution in [-0.4, -0.2) is 30.6 Å². The molecule has 2 aliphatic rings. The van der Waals surface area contributed by atoms with Crippen LogP contribution < -0.4 is 0 Å². The largest absolute Gasteiger partial charge is 0.469 e. The van der Waals surface area contributed by atoms with Gasteiger partial charge in [-0.15, -0.1) is 0 Å². The minimum absolute atomic E-state index is 0.0275. The molecule has 1 saturated heterocycles. The lowest BCUT2D eigenvalue weighted by molar-refractivity contribution is -0.148. The van der Waals surface area contributed by atoms with Crippen LogP contribution in [0.3, 0.4) is 0 Å². The Morgan fingerprint density at radius 3 is 2.78 bits per heavy atom. The van der Waals surface area contributed by atoms with Crippen LogP contribution in [0.1, 0.15) is 18.4 Å². The van der Waals surface area contributed by atoms with Gasteiger partial charge in [0.2, 0.25) is 0 Å². The fraction of sp³-hybridized carbons (Fsp3) is 0.533. The number of rotatable bonds is 3. The molecule has 1 aliphatic carbocycles. The standard InChI is InChI=1S/C15H19NO2/c1-18-15(17)13-7-12-8-14(13)16(10-12)9-11-5-3-2-4-6-11/h2-6,12-14H,7-10H2,1H3/t12-,13-,14-/m0/s1. The van der Waals surface area contributed by atoms with Gasteiger partial charge in [-0.1, -0.05) is 30.3 Å². The van der Waals surface area contributed by atoms with Gasteiger partial charge >= 0.3 is 5.97 Å². The average Bonchev–Trinajstić information content (AvgIpc) is 2.98. The molecule has 2 bridgehead atoms. The molecule has 0 radical (unpaired) electrons. The number of carbonyl (C=O) groups excluding carboxylic acids is 1. The molecular formula is C15H19NO2. The number of fused-ring (bicyclic) bond motifs is 2. The van der Waals surface area contributed by atoms with Crippen molar-refractivity contribution < 1.29 is 9.53 Å². The molecule has 1 aliphatic heterocycles. The topological polar surface area (TPSA) is 29.5 Å². The Kier molecular flexibility index (Phi) is 3.08. The highest BCUT2D eigenvalue weighted by Gasteiger charge is 2.48. The van der Waals surface area contributed by atoms with E-state index in [9.17, 15) is 4.79 Å². The molecular weight excluding hydrogens is 226 g/mol. The van der Waals surface area contributed by atoms with E-state index in [0.717, 1.165) is 25.9 Å². The third kappa shape index (κ3) is 2.03. The third-order valence-electron chi connectivity index (χ3n) is 4.32. The van der Waals surface area contributed by atoms with Crippen molar-refractivity contribution in [3.63, 3.8) is 0 Å². The number of ether oxygens (including phenoxy) is 1. The van der Waals surface area contributed by atoms with Crippen LogP contribution in [0.5, 0.6) is 0 Å². The van der Waals surface area contributed by atoms with E-state index in [4.69, 9.17) is 4.74 Å². The molecule has 3 atom stereocenters. The summed E-state index contributed by atoms with van der Waals surface area (Å²) in [6.45, 7) is 2.09. The van der Waals surface area contributed by atoms with Crippen LogP contribution in [-0.2, 0) is 16.1 Å². The zero-order chi connectivity index (χ0) is 12.5. The van der Waals surface area contributed by atoms with E-state index in [1.54, 1.807) is 0 Å². The van der Waals surface area contributed by atoms with Gasteiger partial charge in [0, 0.05) is 19.1 Å². The number of likely N-dealkylation sites (tertiary alicyclic amines) is 1. The van der Waals surface area contributed by atoms with Crippen molar-refractivity contribution in [1.82, 2.24) is 4.90 Å². The predicted octanol–water partition coefficient (Wildman–Crippen LogP) is 2.07. The van der Waals surface area contributed by atoms with E-state index in [0.29, 0.717) is 12.0 Å². The summed E-state index contributed by atoms with van der Waals surface area (Å²) in [6, 6.07) is 10.9. The summed E-state index contributed by atoms with van der Waals surface area (Å²) in [6.07, 6.45) is 2.18. The first kappa shape index (κ1) is 11.7. The molecule has 18 heavy (non-hydrogen) atoms. The summed E-state index contributed by atoms with van der Waals surface area (Å²) in [7, 11) is 1.50. The first-order chi connectivity index (χ1) is 8.78. The number of piperidine rings is 1. The van der Waals surface area contributed by atoms with Crippen molar-refractivity contribution in [1.29, 1.82) is 0 Å². The summed E-state index contributed by atoms with van der Waals surface area (Å²) >= 11 is 0. The summed E-state index contributed by atoms with van der Waals surface area (Å²) in [4.78, 5) is 14.2. The average molecular weight is 245 g/mol. The molecule has 1 heterocycles. The smallest absolute Gasteiger partial charge is 0.310 e. The van der Waals surface area contributed by atoms with Gasteiger partial charge in [0.05, 0.1) is 13.0 Å². The molecule has 3 heteroatoms. The molecule has 1 saturated carbocycles. The predicted molar refractivity (Wildman–Crippen MR) is 68.9 cm³/mol. The van der Waals surface area contributed by atoms with E-state index in [1.807, 2.05) is 6.07 Å². The maximum absolute atomic E-state index is 11.8. The Morgan fingerprint density at radius 1 is 1.33 bits per heavy atom. The van der Waals surface area contributed by atoms with E-state index >= 15 is 0 Å². The molecule has 96 valence electrons. The van der Waals surface area contributed by atoms with Crippen molar-refractivity contribution in [3.8, 4) is 0 Å². The van der Waals surface area contributed by atoms with E-state index in [2.05, 4.69) is 29.2 Å². The lowest BCUT2D eigenvalue weighted by Crippen LogP contribution is -2.41. The summed E-state index contributed by atoms with van der Waals surface area (Å²) in [5.74, 6) is 0.750. The molecule has 3 rings (SSSR count). The van der Waals surface area contributed by atoms with Gasteiger partial charge in [-0.25, -0.2) is 0 Å². The van der Waals surface area contributed by atoms with Gasteiger partial charge in [-0.05, 0) is 24.3 Å². The maximum atomic E-state index is 11.8. The lowest BCUT2D eigenvalue weighted by Gasteiger charge is -2.31. The first-order valence-electron chi connectivity index (χ1n) is 6.63. The second kappa shape index (κ2) is 4.73. The Labute approximate surface area is 108 Å². The molecule has 0 unspecified atom stereocenters. The number of benzene rings is 1. The molecule has 0 aromatic heterocycles. The summed E-state index contributed by atoms with van der Waals surface area (Å²) < 4.78 is 4.92.